The van der Waals surface area contributed by atoms with Gasteiger partial charge in [-0.25, -0.2) is 4.90 Å². The highest BCUT2D eigenvalue weighted by molar-refractivity contribution is 6.34. The summed E-state index contributed by atoms with van der Waals surface area (Å²) in [5.41, 5.74) is 1.51. The van der Waals surface area contributed by atoms with Crippen molar-refractivity contribution in [1.82, 2.24) is 0 Å². The number of hydrogen-bond acceptors (Lipinski definition) is 5. The Morgan fingerprint density at radius 1 is 0.846 bits per heavy atom. The first-order valence-electron chi connectivity index (χ1n) is 13.2. The fourth-order valence-corrected chi connectivity index (χ4v) is 7.55. The summed E-state index contributed by atoms with van der Waals surface area (Å²) in [5.74, 6) is -2.79. The second-order valence-corrected chi connectivity index (χ2v) is 10.9. The van der Waals surface area contributed by atoms with Gasteiger partial charge in [0.1, 0.15) is 0 Å². The van der Waals surface area contributed by atoms with Crippen LogP contribution in [0.15, 0.2) is 78.9 Å². The number of hydrogen-bond donors (Lipinski definition) is 0. The SMILES string of the molecule is CCC[C@@]12C(=O)[C@@](C)(C(c3ccccc3)=C1c1ccccc1)[C@H]1C(=O)N(c3cc([N+](=O)[O-])ccc3C)C(=O)[C@@H]12. The molecule has 1 saturated heterocycles. The molecule has 0 radical (unpaired) electrons. The second-order valence-electron chi connectivity index (χ2n) is 10.9. The van der Waals surface area contributed by atoms with Crippen LogP contribution in [-0.2, 0) is 14.4 Å². The lowest BCUT2D eigenvalue weighted by Crippen LogP contribution is -2.41. The summed E-state index contributed by atoms with van der Waals surface area (Å²) in [5, 5.41) is 11.5. The highest BCUT2D eigenvalue weighted by Gasteiger charge is 2.80. The number of imide groups is 1. The number of fused-ring (bicyclic) bond motifs is 5. The van der Waals surface area contributed by atoms with Crippen LogP contribution >= 0.6 is 0 Å². The van der Waals surface area contributed by atoms with Crippen LogP contribution in [0.1, 0.15) is 43.4 Å². The van der Waals surface area contributed by atoms with Gasteiger partial charge in [-0.1, -0.05) is 80.1 Å². The monoisotopic (exact) mass is 520 g/mol. The van der Waals surface area contributed by atoms with Crippen molar-refractivity contribution in [3.63, 3.8) is 0 Å². The molecule has 3 aromatic carbocycles. The van der Waals surface area contributed by atoms with Gasteiger partial charge in [-0.15, -0.1) is 0 Å². The third-order valence-corrected chi connectivity index (χ3v) is 8.97. The van der Waals surface area contributed by atoms with Crippen molar-refractivity contribution in [2.45, 2.75) is 33.6 Å². The molecule has 2 amide bonds. The Labute approximate surface area is 226 Å². The number of non-ortho nitro benzene ring substituents is 1. The van der Waals surface area contributed by atoms with Gasteiger partial charge in [-0.2, -0.15) is 0 Å². The maximum Gasteiger partial charge on any atom is 0.271 e. The topological polar surface area (TPSA) is 97.6 Å². The van der Waals surface area contributed by atoms with Crippen molar-refractivity contribution in [3.05, 3.63) is 106 Å². The van der Waals surface area contributed by atoms with E-state index in [0.717, 1.165) is 27.2 Å². The van der Waals surface area contributed by atoms with E-state index >= 15 is 0 Å². The molecule has 0 aromatic heterocycles. The van der Waals surface area contributed by atoms with Gasteiger partial charge in [-0.05, 0) is 48.1 Å². The van der Waals surface area contributed by atoms with Gasteiger partial charge in [-0.3, -0.25) is 24.5 Å². The molecule has 196 valence electrons. The van der Waals surface area contributed by atoms with Crippen molar-refractivity contribution in [2.24, 2.45) is 22.7 Å². The average molecular weight is 521 g/mol. The first kappa shape index (κ1) is 24.9. The molecule has 6 rings (SSSR count). The van der Waals surface area contributed by atoms with Crippen LogP contribution in [0.4, 0.5) is 11.4 Å². The predicted molar refractivity (Wildman–Crippen MR) is 147 cm³/mol. The van der Waals surface area contributed by atoms with E-state index in [1.54, 1.807) is 13.0 Å². The lowest BCUT2D eigenvalue weighted by atomic mass is 9.61. The van der Waals surface area contributed by atoms with Crippen LogP contribution in [-0.4, -0.2) is 22.5 Å². The largest absolute Gasteiger partial charge is 0.298 e. The summed E-state index contributed by atoms with van der Waals surface area (Å²) >= 11 is 0. The van der Waals surface area contributed by atoms with Crippen molar-refractivity contribution in [1.29, 1.82) is 0 Å². The Hall–Kier alpha value is -4.39. The number of amides is 2. The molecule has 3 aliphatic rings. The quantitative estimate of drug-likeness (QED) is 0.225. The maximum absolute atomic E-state index is 14.7. The summed E-state index contributed by atoms with van der Waals surface area (Å²) in [6.07, 6.45) is 1.06. The minimum absolute atomic E-state index is 0.0818. The summed E-state index contributed by atoms with van der Waals surface area (Å²) in [6, 6.07) is 23.5. The summed E-state index contributed by atoms with van der Waals surface area (Å²) in [6.45, 7) is 5.53. The Morgan fingerprint density at radius 2 is 1.41 bits per heavy atom. The van der Waals surface area contributed by atoms with Crippen LogP contribution in [0.5, 0.6) is 0 Å². The number of anilines is 1. The molecule has 7 nitrogen and oxygen atoms in total. The molecule has 1 saturated carbocycles. The van der Waals surface area contributed by atoms with Gasteiger partial charge in [0, 0.05) is 12.1 Å². The van der Waals surface area contributed by atoms with E-state index in [4.69, 9.17) is 0 Å². The Bertz CT molecular complexity index is 1600. The molecule has 2 fully saturated rings. The number of nitro benzene ring substituents is 1. The molecule has 0 N–H and O–H groups in total. The van der Waals surface area contributed by atoms with Crippen molar-refractivity contribution < 1.29 is 19.3 Å². The van der Waals surface area contributed by atoms with E-state index in [-0.39, 0.29) is 17.2 Å². The number of nitrogens with zero attached hydrogens (tertiary/aromatic N) is 2. The van der Waals surface area contributed by atoms with Crippen molar-refractivity contribution in [3.8, 4) is 0 Å². The van der Waals surface area contributed by atoms with E-state index < -0.39 is 39.4 Å². The second kappa shape index (κ2) is 8.56. The Morgan fingerprint density at radius 3 is 1.97 bits per heavy atom. The van der Waals surface area contributed by atoms with Crippen LogP contribution in [0.25, 0.3) is 11.1 Å². The van der Waals surface area contributed by atoms with Crippen molar-refractivity contribution in [2.75, 3.05) is 4.90 Å². The number of ketones is 1. The molecule has 1 aliphatic heterocycles. The highest BCUT2D eigenvalue weighted by atomic mass is 16.6. The fraction of sp³-hybridized carbons (Fsp3) is 0.281. The van der Waals surface area contributed by atoms with Gasteiger partial charge in [0.2, 0.25) is 11.8 Å². The third kappa shape index (κ3) is 3.07. The molecular formula is C32H28N2O5. The molecule has 0 unspecified atom stereocenters. The number of aryl methyl sites for hydroxylation is 1. The van der Waals surface area contributed by atoms with Gasteiger partial charge < -0.3 is 0 Å². The van der Waals surface area contributed by atoms with Crippen molar-refractivity contribution >= 4 is 40.1 Å². The molecule has 39 heavy (non-hydrogen) atoms. The number of carbonyl (C=O) groups is 3. The standard InChI is InChI=1S/C32H28N2O5/c1-4-17-32-25(21-13-9-6-10-14-21)24(20-11-7-5-8-12-20)31(3,30(32)37)26-27(32)29(36)33(28(26)35)23-18-22(34(38)39)16-15-19(23)2/h5-16,18,26-27H,4,17H2,1-3H3/t26-,27-,31+,32-/m1/s1. The molecule has 2 aliphatic carbocycles. The number of benzene rings is 3. The molecule has 0 spiro atoms. The summed E-state index contributed by atoms with van der Waals surface area (Å²) in [4.78, 5) is 55.5. The Kier molecular flexibility index (Phi) is 5.47. The van der Waals surface area contributed by atoms with E-state index in [9.17, 15) is 24.5 Å². The molecular weight excluding hydrogens is 492 g/mol. The van der Waals surface area contributed by atoms with Crippen LogP contribution in [0.2, 0.25) is 0 Å². The minimum atomic E-state index is -1.23. The number of rotatable bonds is 6. The average Bonchev–Trinajstić information content (AvgIpc) is 3.40. The molecule has 4 atom stereocenters. The number of allylic oxidation sites excluding steroid dienone is 2. The smallest absolute Gasteiger partial charge is 0.271 e. The zero-order valence-corrected chi connectivity index (χ0v) is 22.0. The van der Waals surface area contributed by atoms with Gasteiger partial charge in [0.25, 0.3) is 5.69 Å². The normalized spacial score (nSPS) is 27.5. The van der Waals surface area contributed by atoms with Gasteiger partial charge in [0.05, 0.1) is 33.3 Å². The van der Waals surface area contributed by atoms with Gasteiger partial charge >= 0.3 is 0 Å². The van der Waals surface area contributed by atoms with E-state index in [1.807, 2.05) is 74.5 Å². The minimum Gasteiger partial charge on any atom is -0.298 e. The van der Waals surface area contributed by atoms with Gasteiger partial charge in [0.15, 0.2) is 5.78 Å². The molecule has 7 heteroatoms. The molecule has 2 bridgehead atoms. The van der Waals surface area contributed by atoms with E-state index in [0.29, 0.717) is 18.4 Å². The number of carbonyl (C=O) groups excluding carboxylic acids is 3. The molecule has 3 aromatic rings. The third-order valence-electron chi connectivity index (χ3n) is 8.97. The van der Waals surface area contributed by atoms with E-state index in [2.05, 4.69) is 0 Å². The summed E-state index contributed by atoms with van der Waals surface area (Å²) in [7, 11) is 0. The number of Topliss-reactive ketones (excluding diaryl/α,β-unsaturated/α-hetero) is 1. The maximum atomic E-state index is 14.7. The predicted octanol–water partition coefficient (Wildman–Crippen LogP) is 6.01. The van der Waals surface area contributed by atoms with Crippen LogP contribution < -0.4 is 4.90 Å². The van der Waals surface area contributed by atoms with E-state index in [1.165, 1.54) is 12.1 Å². The summed E-state index contributed by atoms with van der Waals surface area (Å²) < 4.78 is 0. The zero-order chi connectivity index (χ0) is 27.7. The highest BCUT2D eigenvalue weighted by Crippen LogP contribution is 2.75. The fourth-order valence-electron chi connectivity index (χ4n) is 7.55. The van der Waals surface area contributed by atoms with Crippen LogP contribution in [0, 0.1) is 39.7 Å². The Balaban J connectivity index is 1.64. The lowest BCUT2D eigenvalue weighted by Gasteiger charge is -2.37. The lowest BCUT2D eigenvalue weighted by molar-refractivity contribution is -0.384. The number of nitro groups is 1. The first-order chi connectivity index (χ1) is 18.7. The van der Waals surface area contributed by atoms with Crippen LogP contribution in [0.3, 0.4) is 0 Å². The molecule has 1 heterocycles. The first-order valence-corrected chi connectivity index (χ1v) is 13.2. The zero-order valence-electron chi connectivity index (χ0n) is 22.0.